The Kier molecular flexibility index (Phi) is 5.88. The highest BCUT2D eigenvalue weighted by Crippen LogP contribution is 2.20. The third-order valence-corrected chi connectivity index (χ3v) is 2.71. The first-order valence-corrected chi connectivity index (χ1v) is 6.04. The molecular weight excluding hydrogens is 281 g/mol. The summed E-state index contributed by atoms with van der Waals surface area (Å²) in [6.45, 7) is 1.66. The van der Waals surface area contributed by atoms with Crippen LogP contribution in [0.4, 0.5) is 22.0 Å². The topological polar surface area (TPSA) is 21.3 Å². The van der Waals surface area contributed by atoms with Crippen molar-refractivity contribution in [3.05, 3.63) is 34.9 Å². The first-order valence-electron chi connectivity index (χ1n) is 6.04. The number of nitrogens with one attached hydrogen (secondary N) is 1. The molecule has 0 saturated carbocycles. The Labute approximate surface area is 113 Å². The molecule has 0 amide bonds. The summed E-state index contributed by atoms with van der Waals surface area (Å²) in [5.74, 6) is -1.08. The van der Waals surface area contributed by atoms with Crippen LogP contribution in [0.2, 0.25) is 0 Å². The minimum absolute atomic E-state index is 0.103. The molecule has 0 aliphatic carbocycles. The van der Waals surface area contributed by atoms with Gasteiger partial charge < -0.3 is 10.1 Å². The Morgan fingerprint density at radius 3 is 2.45 bits per heavy atom. The van der Waals surface area contributed by atoms with Crippen LogP contribution in [-0.4, -0.2) is 25.9 Å². The average Bonchev–Trinajstić information content (AvgIpc) is 2.31. The van der Waals surface area contributed by atoms with Gasteiger partial charge in [-0.2, -0.15) is 13.2 Å². The summed E-state index contributed by atoms with van der Waals surface area (Å²) >= 11 is 0. The van der Waals surface area contributed by atoms with Crippen molar-refractivity contribution in [2.24, 2.45) is 0 Å². The minimum Gasteiger partial charge on any atom is -0.371 e. The predicted molar refractivity (Wildman–Crippen MR) is 64.4 cm³/mol. The molecule has 0 saturated heterocycles. The molecule has 1 rings (SSSR count). The first-order chi connectivity index (χ1) is 9.20. The number of alkyl halides is 3. The van der Waals surface area contributed by atoms with Crippen molar-refractivity contribution in [2.75, 3.05) is 19.8 Å². The molecular formula is C13H16F5NO. The second kappa shape index (κ2) is 6.99. The SMILES string of the molecule is Cc1cc(F)c(C(C)NCCOCC(F)(F)F)cc1F. The molecule has 114 valence electrons. The summed E-state index contributed by atoms with van der Waals surface area (Å²) in [5, 5.41) is 2.77. The summed E-state index contributed by atoms with van der Waals surface area (Å²) in [5.41, 5.74) is 0.330. The molecule has 0 fully saturated rings. The van der Waals surface area contributed by atoms with Crippen LogP contribution < -0.4 is 5.32 Å². The number of hydrogen-bond donors (Lipinski definition) is 1. The van der Waals surface area contributed by atoms with Crippen molar-refractivity contribution in [3.63, 3.8) is 0 Å². The van der Waals surface area contributed by atoms with Gasteiger partial charge in [-0.1, -0.05) is 0 Å². The van der Waals surface area contributed by atoms with Gasteiger partial charge in [-0.3, -0.25) is 0 Å². The van der Waals surface area contributed by atoms with Crippen LogP contribution in [0.5, 0.6) is 0 Å². The van der Waals surface area contributed by atoms with E-state index in [1.165, 1.54) is 6.92 Å². The highest BCUT2D eigenvalue weighted by Gasteiger charge is 2.27. The number of aryl methyl sites for hydroxylation is 1. The number of rotatable bonds is 6. The minimum atomic E-state index is -4.36. The second-order valence-corrected chi connectivity index (χ2v) is 4.47. The van der Waals surface area contributed by atoms with E-state index < -0.39 is 30.5 Å². The number of benzene rings is 1. The van der Waals surface area contributed by atoms with Crippen molar-refractivity contribution in [1.82, 2.24) is 5.32 Å². The van der Waals surface area contributed by atoms with E-state index in [2.05, 4.69) is 10.1 Å². The van der Waals surface area contributed by atoms with E-state index in [0.29, 0.717) is 0 Å². The Hall–Kier alpha value is -1.21. The molecule has 2 nitrogen and oxygen atoms in total. The van der Waals surface area contributed by atoms with E-state index in [0.717, 1.165) is 12.1 Å². The van der Waals surface area contributed by atoms with Gasteiger partial charge in [-0.15, -0.1) is 0 Å². The van der Waals surface area contributed by atoms with Crippen molar-refractivity contribution in [1.29, 1.82) is 0 Å². The van der Waals surface area contributed by atoms with Gasteiger partial charge in [0, 0.05) is 18.2 Å². The van der Waals surface area contributed by atoms with Gasteiger partial charge in [0.15, 0.2) is 0 Å². The maximum Gasteiger partial charge on any atom is 0.411 e. The highest BCUT2D eigenvalue weighted by atomic mass is 19.4. The Morgan fingerprint density at radius 1 is 1.20 bits per heavy atom. The third-order valence-electron chi connectivity index (χ3n) is 2.71. The van der Waals surface area contributed by atoms with E-state index in [4.69, 9.17) is 0 Å². The lowest BCUT2D eigenvalue weighted by Crippen LogP contribution is -2.26. The molecule has 0 heterocycles. The molecule has 1 N–H and O–H groups in total. The molecule has 0 bridgehead atoms. The van der Waals surface area contributed by atoms with E-state index in [1.54, 1.807) is 6.92 Å². The zero-order chi connectivity index (χ0) is 15.3. The smallest absolute Gasteiger partial charge is 0.371 e. The predicted octanol–water partition coefficient (Wildman–Crippen LogP) is 3.50. The maximum atomic E-state index is 13.6. The molecule has 0 radical (unpaired) electrons. The molecule has 1 unspecified atom stereocenters. The molecule has 1 aromatic carbocycles. The van der Waals surface area contributed by atoms with Gasteiger partial charge >= 0.3 is 6.18 Å². The van der Waals surface area contributed by atoms with Gasteiger partial charge in [0.2, 0.25) is 0 Å². The first kappa shape index (κ1) is 16.8. The van der Waals surface area contributed by atoms with Gasteiger partial charge in [0.1, 0.15) is 18.2 Å². The van der Waals surface area contributed by atoms with E-state index in [-0.39, 0.29) is 24.3 Å². The van der Waals surface area contributed by atoms with Crippen LogP contribution in [0.25, 0.3) is 0 Å². The van der Waals surface area contributed by atoms with Crippen molar-refractivity contribution in [3.8, 4) is 0 Å². The zero-order valence-electron chi connectivity index (χ0n) is 11.2. The van der Waals surface area contributed by atoms with Crippen LogP contribution in [0.15, 0.2) is 12.1 Å². The van der Waals surface area contributed by atoms with Crippen LogP contribution >= 0.6 is 0 Å². The second-order valence-electron chi connectivity index (χ2n) is 4.47. The van der Waals surface area contributed by atoms with E-state index in [1.807, 2.05) is 0 Å². The summed E-state index contributed by atoms with van der Waals surface area (Å²) in [4.78, 5) is 0. The van der Waals surface area contributed by atoms with Gasteiger partial charge in [0.05, 0.1) is 6.61 Å². The van der Waals surface area contributed by atoms with Crippen molar-refractivity contribution < 1.29 is 26.7 Å². The lowest BCUT2D eigenvalue weighted by molar-refractivity contribution is -0.173. The van der Waals surface area contributed by atoms with Gasteiger partial charge in [-0.25, -0.2) is 8.78 Å². The zero-order valence-corrected chi connectivity index (χ0v) is 11.2. The fourth-order valence-electron chi connectivity index (χ4n) is 1.64. The lowest BCUT2D eigenvalue weighted by atomic mass is 10.1. The quantitative estimate of drug-likeness (QED) is 0.641. The number of ether oxygens (including phenoxy) is 1. The molecule has 20 heavy (non-hydrogen) atoms. The maximum absolute atomic E-state index is 13.6. The standard InChI is InChI=1S/C13H16F5NO/c1-8-5-12(15)10(6-11(8)14)9(2)19-3-4-20-7-13(16,17)18/h5-6,9,19H,3-4,7H2,1-2H3. The summed E-state index contributed by atoms with van der Waals surface area (Å²) in [7, 11) is 0. The van der Waals surface area contributed by atoms with Gasteiger partial charge in [0.25, 0.3) is 0 Å². The van der Waals surface area contributed by atoms with Crippen LogP contribution in [0, 0.1) is 18.6 Å². The van der Waals surface area contributed by atoms with E-state index in [9.17, 15) is 22.0 Å². The van der Waals surface area contributed by atoms with Crippen LogP contribution in [0.3, 0.4) is 0 Å². The van der Waals surface area contributed by atoms with Crippen molar-refractivity contribution in [2.45, 2.75) is 26.1 Å². The number of hydrogen-bond acceptors (Lipinski definition) is 2. The lowest BCUT2D eigenvalue weighted by Gasteiger charge is -2.16. The molecule has 1 atom stereocenters. The Morgan fingerprint density at radius 2 is 1.85 bits per heavy atom. The summed E-state index contributed by atoms with van der Waals surface area (Å²) < 4.78 is 66.8. The van der Waals surface area contributed by atoms with Gasteiger partial charge in [-0.05, 0) is 31.5 Å². The molecule has 1 aromatic rings. The monoisotopic (exact) mass is 297 g/mol. The Bertz CT molecular complexity index is 447. The van der Waals surface area contributed by atoms with Crippen molar-refractivity contribution >= 4 is 0 Å². The summed E-state index contributed by atoms with van der Waals surface area (Å²) in [6.07, 6.45) is -4.36. The fraction of sp³-hybridized carbons (Fsp3) is 0.538. The largest absolute Gasteiger partial charge is 0.411 e. The average molecular weight is 297 g/mol. The molecule has 0 aromatic heterocycles. The highest BCUT2D eigenvalue weighted by molar-refractivity contribution is 5.27. The molecule has 0 aliphatic rings. The number of halogens is 5. The molecule has 0 spiro atoms. The Balaban J connectivity index is 2.44. The fourth-order valence-corrected chi connectivity index (χ4v) is 1.64. The van der Waals surface area contributed by atoms with Crippen LogP contribution in [-0.2, 0) is 4.74 Å². The van der Waals surface area contributed by atoms with Crippen LogP contribution in [0.1, 0.15) is 24.1 Å². The third kappa shape index (κ3) is 5.42. The normalized spacial score (nSPS) is 13.6. The molecule has 7 heteroatoms. The molecule has 0 aliphatic heterocycles. The van der Waals surface area contributed by atoms with E-state index >= 15 is 0 Å². The summed E-state index contributed by atoms with van der Waals surface area (Å²) in [6, 6.07) is 1.64.